The Balaban J connectivity index is 2.11. The molecule has 2 rings (SSSR count). The summed E-state index contributed by atoms with van der Waals surface area (Å²) in [6.07, 6.45) is 0. The molecule has 1 fully saturated rings. The lowest BCUT2D eigenvalue weighted by Crippen LogP contribution is -2.45. The van der Waals surface area contributed by atoms with Crippen molar-refractivity contribution >= 4 is 5.69 Å². The topological polar surface area (TPSA) is 56.3 Å². The second-order valence-electron chi connectivity index (χ2n) is 4.54. The molecule has 0 spiro atoms. The summed E-state index contributed by atoms with van der Waals surface area (Å²) in [6, 6.07) is 9.85. The summed E-state index contributed by atoms with van der Waals surface area (Å²) in [5.41, 5.74) is 7.43. The van der Waals surface area contributed by atoms with E-state index in [0.29, 0.717) is 0 Å². The van der Waals surface area contributed by atoms with Gasteiger partial charge in [-0.3, -0.25) is 4.90 Å². The number of benzene rings is 1. The van der Waals surface area contributed by atoms with Crippen molar-refractivity contribution in [2.24, 2.45) is 0 Å². The Morgan fingerprint density at radius 2 is 1.76 bits per heavy atom. The van der Waals surface area contributed by atoms with Crippen LogP contribution in [0.2, 0.25) is 0 Å². The molecule has 1 saturated heterocycles. The smallest absolute Gasteiger partial charge is 0.123 e. The van der Waals surface area contributed by atoms with Gasteiger partial charge in [0.25, 0.3) is 0 Å². The number of rotatable bonds is 2. The van der Waals surface area contributed by atoms with Crippen LogP contribution >= 0.6 is 0 Å². The van der Waals surface area contributed by atoms with E-state index in [2.05, 4.69) is 22.9 Å². The number of nitrogen functional groups attached to an aromatic ring is 1. The number of likely N-dealkylation sites (N-methyl/N-ethyl adjacent to an activating group) is 1. The van der Waals surface area contributed by atoms with Crippen LogP contribution in [-0.4, -0.2) is 43.0 Å². The fourth-order valence-corrected chi connectivity index (χ4v) is 2.13. The molecular weight excluding hydrogens is 212 g/mol. The third-order valence-electron chi connectivity index (χ3n) is 3.28. The third-order valence-corrected chi connectivity index (χ3v) is 3.28. The summed E-state index contributed by atoms with van der Waals surface area (Å²) < 4.78 is 0. The molecule has 4 nitrogen and oxygen atoms in total. The van der Waals surface area contributed by atoms with Gasteiger partial charge >= 0.3 is 0 Å². The second kappa shape index (κ2) is 5.17. The highest BCUT2D eigenvalue weighted by atomic mass is 15.3. The van der Waals surface area contributed by atoms with E-state index < -0.39 is 0 Å². The molecule has 0 radical (unpaired) electrons. The number of anilines is 1. The highest BCUT2D eigenvalue weighted by Crippen LogP contribution is 2.22. The molecule has 1 heterocycles. The first-order chi connectivity index (χ1) is 8.20. The maximum atomic E-state index is 9.33. The molecule has 1 aromatic carbocycles. The van der Waals surface area contributed by atoms with Crippen molar-refractivity contribution < 1.29 is 0 Å². The van der Waals surface area contributed by atoms with Crippen LogP contribution in [0, 0.1) is 11.3 Å². The second-order valence-corrected chi connectivity index (χ2v) is 4.54. The summed E-state index contributed by atoms with van der Waals surface area (Å²) >= 11 is 0. The normalized spacial score (nSPS) is 19.8. The van der Waals surface area contributed by atoms with Gasteiger partial charge in [0.15, 0.2) is 0 Å². The first-order valence-corrected chi connectivity index (χ1v) is 5.88. The summed E-state index contributed by atoms with van der Waals surface area (Å²) in [4.78, 5) is 4.51. The standard InChI is InChI=1S/C13H18N4/c1-16-6-8-17(9-7-16)13(10-14)11-2-4-12(15)5-3-11/h2-5,13H,6-9,15H2,1H3. The number of hydrogen-bond acceptors (Lipinski definition) is 4. The van der Waals surface area contributed by atoms with E-state index in [9.17, 15) is 5.26 Å². The molecule has 0 saturated carbocycles. The lowest BCUT2D eigenvalue weighted by atomic mass is 10.1. The van der Waals surface area contributed by atoms with Crippen molar-refractivity contribution in [3.63, 3.8) is 0 Å². The molecule has 0 bridgehead atoms. The first kappa shape index (κ1) is 11.9. The minimum Gasteiger partial charge on any atom is -0.399 e. The fourth-order valence-electron chi connectivity index (χ4n) is 2.13. The van der Waals surface area contributed by atoms with E-state index in [1.165, 1.54) is 0 Å². The van der Waals surface area contributed by atoms with Crippen LogP contribution in [0.15, 0.2) is 24.3 Å². The Labute approximate surface area is 102 Å². The van der Waals surface area contributed by atoms with Gasteiger partial charge in [-0.2, -0.15) is 5.26 Å². The summed E-state index contributed by atoms with van der Waals surface area (Å²) in [5, 5.41) is 9.33. The van der Waals surface area contributed by atoms with Crippen LogP contribution in [0.3, 0.4) is 0 Å². The monoisotopic (exact) mass is 230 g/mol. The average Bonchev–Trinajstić information content (AvgIpc) is 2.35. The van der Waals surface area contributed by atoms with Gasteiger partial charge in [-0.25, -0.2) is 0 Å². The van der Waals surface area contributed by atoms with Crippen LogP contribution in [0.5, 0.6) is 0 Å². The van der Waals surface area contributed by atoms with E-state index >= 15 is 0 Å². The summed E-state index contributed by atoms with van der Waals surface area (Å²) in [6.45, 7) is 3.93. The van der Waals surface area contributed by atoms with Crippen molar-refractivity contribution in [1.29, 1.82) is 5.26 Å². The van der Waals surface area contributed by atoms with E-state index in [1.807, 2.05) is 24.3 Å². The predicted octanol–water partition coefficient (Wildman–Crippen LogP) is 1.08. The van der Waals surface area contributed by atoms with E-state index in [4.69, 9.17) is 5.73 Å². The van der Waals surface area contributed by atoms with Crippen LogP contribution in [0.1, 0.15) is 11.6 Å². The van der Waals surface area contributed by atoms with Crippen LogP contribution in [0.25, 0.3) is 0 Å². The molecule has 0 aromatic heterocycles. The maximum absolute atomic E-state index is 9.33. The highest BCUT2D eigenvalue weighted by molar-refractivity contribution is 5.41. The minimum atomic E-state index is -0.149. The molecule has 2 N–H and O–H groups in total. The number of piperazine rings is 1. The van der Waals surface area contributed by atoms with Crippen molar-refractivity contribution in [3.8, 4) is 6.07 Å². The van der Waals surface area contributed by atoms with Crippen molar-refractivity contribution in [2.45, 2.75) is 6.04 Å². The Morgan fingerprint density at radius 3 is 2.29 bits per heavy atom. The highest BCUT2D eigenvalue weighted by Gasteiger charge is 2.23. The van der Waals surface area contributed by atoms with Crippen LogP contribution < -0.4 is 5.73 Å². The fraction of sp³-hybridized carbons (Fsp3) is 0.462. The summed E-state index contributed by atoms with van der Waals surface area (Å²) in [7, 11) is 2.11. The zero-order valence-corrected chi connectivity index (χ0v) is 10.1. The molecular formula is C13H18N4. The predicted molar refractivity (Wildman–Crippen MR) is 68.3 cm³/mol. The van der Waals surface area contributed by atoms with Crippen molar-refractivity contribution in [1.82, 2.24) is 9.80 Å². The minimum absolute atomic E-state index is 0.149. The SMILES string of the molecule is CN1CCN(C(C#N)c2ccc(N)cc2)CC1. The number of nitrogens with two attached hydrogens (primary N) is 1. The van der Waals surface area contributed by atoms with Gasteiger partial charge < -0.3 is 10.6 Å². The first-order valence-electron chi connectivity index (χ1n) is 5.88. The van der Waals surface area contributed by atoms with Crippen LogP contribution in [0.4, 0.5) is 5.69 Å². The molecule has 90 valence electrons. The van der Waals surface area contributed by atoms with E-state index in [-0.39, 0.29) is 6.04 Å². The molecule has 1 unspecified atom stereocenters. The van der Waals surface area contributed by atoms with Gasteiger partial charge in [-0.15, -0.1) is 0 Å². The number of hydrogen-bond donors (Lipinski definition) is 1. The largest absolute Gasteiger partial charge is 0.399 e. The molecule has 0 amide bonds. The Morgan fingerprint density at radius 1 is 1.18 bits per heavy atom. The van der Waals surface area contributed by atoms with E-state index in [1.54, 1.807) is 0 Å². The molecule has 1 aliphatic rings. The Hall–Kier alpha value is -1.57. The molecule has 1 aromatic rings. The molecule has 17 heavy (non-hydrogen) atoms. The number of nitriles is 1. The lowest BCUT2D eigenvalue weighted by molar-refractivity contribution is 0.133. The molecule has 1 atom stereocenters. The van der Waals surface area contributed by atoms with Crippen LogP contribution in [-0.2, 0) is 0 Å². The van der Waals surface area contributed by atoms with E-state index in [0.717, 1.165) is 37.4 Å². The van der Waals surface area contributed by atoms with Gasteiger partial charge in [0.05, 0.1) is 6.07 Å². The van der Waals surface area contributed by atoms with Gasteiger partial charge in [0.1, 0.15) is 6.04 Å². The lowest BCUT2D eigenvalue weighted by Gasteiger charge is -2.35. The Bertz CT molecular complexity index is 398. The quantitative estimate of drug-likeness (QED) is 0.772. The van der Waals surface area contributed by atoms with Crippen molar-refractivity contribution in [3.05, 3.63) is 29.8 Å². The van der Waals surface area contributed by atoms with Crippen molar-refractivity contribution in [2.75, 3.05) is 39.0 Å². The van der Waals surface area contributed by atoms with Gasteiger partial charge in [0.2, 0.25) is 0 Å². The van der Waals surface area contributed by atoms with Gasteiger partial charge in [-0.1, -0.05) is 12.1 Å². The van der Waals surface area contributed by atoms with Gasteiger partial charge in [0, 0.05) is 31.9 Å². The average molecular weight is 230 g/mol. The number of nitrogens with zero attached hydrogens (tertiary/aromatic N) is 3. The molecule has 0 aliphatic carbocycles. The maximum Gasteiger partial charge on any atom is 0.123 e. The molecule has 1 aliphatic heterocycles. The van der Waals surface area contributed by atoms with Gasteiger partial charge in [-0.05, 0) is 24.7 Å². The Kier molecular flexibility index (Phi) is 3.62. The zero-order valence-electron chi connectivity index (χ0n) is 10.1. The third kappa shape index (κ3) is 2.76. The molecule has 4 heteroatoms. The zero-order chi connectivity index (χ0) is 12.3. The summed E-state index contributed by atoms with van der Waals surface area (Å²) in [5.74, 6) is 0.